The molecular weight excluding hydrogens is 256 g/mol. The van der Waals surface area contributed by atoms with E-state index < -0.39 is 0 Å². The van der Waals surface area contributed by atoms with Gasteiger partial charge in [-0.25, -0.2) is 4.98 Å². The molecule has 0 fully saturated rings. The molecule has 0 aliphatic heterocycles. The Bertz CT molecular complexity index is 592. The molecule has 0 unspecified atom stereocenters. The van der Waals surface area contributed by atoms with Gasteiger partial charge < -0.3 is 15.2 Å². The molecule has 0 amide bonds. The molecule has 1 aromatic carbocycles. The number of nitrogen functional groups attached to an aromatic ring is 1. The molecule has 2 N–H and O–H groups in total. The van der Waals surface area contributed by atoms with Crippen LogP contribution in [0.4, 0.5) is 5.95 Å². The van der Waals surface area contributed by atoms with E-state index in [2.05, 4.69) is 15.0 Å². The van der Waals surface area contributed by atoms with Crippen molar-refractivity contribution < 1.29 is 9.47 Å². The lowest BCUT2D eigenvalue weighted by molar-refractivity contribution is 0.394. The second-order valence-electron chi connectivity index (χ2n) is 4.63. The number of anilines is 1. The van der Waals surface area contributed by atoms with Crippen molar-refractivity contribution in [2.45, 2.75) is 19.8 Å². The van der Waals surface area contributed by atoms with Gasteiger partial charge in [0.15, 0.2) is 5.82 Å². The Morgan fingerprint density at radius 3 is 2.05 bits per heavy atom. The van der Waals surface area contributed by atoms with E-state index >= 15 is 0 Å². The van der Waals surface area contributed by atoms with Crippen molar-refractivity contribution in [3.8, 4) is 22.9 Å². The summed E-state index contributed by atoms with van der Waals surface area (Å²) < 4.78 is 10.5. The maximum Gasteiger partial charge on any atom is 0.223 e. The molecule has 1 heterocycles. The summed E-state index contributed by atoms with van der Waals surface area (Å²) in [4.78, 5) is 12.8. The van der Waals surface area contributed by atoms with Gasteiger partial charge in [0.25, 0.3) is 0 Å². The van der Waals surface area contributed by atoms with Gasteiger partial charge in [0.1, 0.15) is 17.3 Å². The van der Waals surface area contributed by atoms with Gasteiger partial charge in [0, 0.05) is 17.5 Å². The fourth-order valence-corrected chi connectivity index (χ4v) is 1.73. The predicted octanol–water partition coefficient (Wildman–Crippen LogP) is 2.26. The number of aromatic nitrogens is 3. The molecule has 0 bridgehead atoms. The molecule has 6 nitrogen and oxygen atoms in total. The number of nitrogens with two attached hydrogens (primary N) is 1. The molecule has 2 aromatic rings. The van der Waals surface area contributed by atoms with Crippen LogP contribution in [-0.4, -0.2) is 29.2 Å². The van der Waals surface area contributed by atoms with Crippen molar-refractivity contribution in [1.29, 1.82) is 0 Å². The van der Waals surface area contributed by atoms with E-state index in [1.165, 1.54) is 0 Å². The van der Waals surface area contributed by atoms with E-state index in [1.807, 2.05) is 26.0 Å². The maximum absolute atomic E-state index is 5.75. The first-order chi connectivity index (χ1) is 9.53. The van der Waals surface area contributed by atoms with Gasteiger partial charge in [-0.05, 0) is 12.1 Å². The summed E-state index contributed by atoms with van der Waals surface area (Å²) in [7, 11) is 3.19. The molecular formula is C14H18N4O2. The third kappa shape index (κ3) is 2.96. The van der Waals surface area contributed by atoms with Crippen LogP contribution in [0.5, 0.6) is 11.5 Å². The molecule has 2 rings (SSSR count). The van der Waals surface area contributed by atoms with E-state index in [-0.39, 0.29) is 11.9 Å². The average Bonchev–Trinajstić information content (AvgIpc) is 2.45. The largest absolute Gasteiger partial charge is 0.497 e. The molecule has 6 heteroatoms. The van der Waals surface area contributed by atoms with Crippen molar-refractivity contribution in [3.63, 3.8) is 0 Å². The van der Waals surface area contributed by atoms with Gasteiger partial charge >= 0.3 is 0 Å². The number of hydrogen-bond donors (Lipinski definition) is 1. The summed E-state index contributed by atoms with van der Waals surface area (Å²) in [6.07, 6.45) is 0. The van der Waals surface area contributed by atoms with Crippen LogP contribution in [0, 0.1) is 0 Å². The van der Waals surface area contributed by atoms with Gasteiger partial charge in [0.05, 0.1) is 14.2 Å². The molecule has 20 heavy (non-hydrogen) atoms. The highest BCUT2D eigenvalue weighted by Gasteiger charge is 2.12. The predicted molar refractivity (Wildman–Crippen MR) is 76.9 cm³/mol. The smallest absolute Gasteiger partial charge is 0.223 e. The fraction of sp³-hybridized carbons (Fsp3) is 0.357. The van der Waals surface area contributed by atoms with Crippen LogP contribution in [0.15, 0.2) is 18.2 Å². The maximum atomic E-state index is 5.75. The highest BCUT2D eigenvalue weighted by atomic mass is 16.5. The lowest BCUT2D eigenvalue weighted by Crippen LogP contribution is -2.06. The highest BCUT2D eigenvalue weighted by Crippen LogP contribution is 2.28. The topological polar surface area (TPSA) is 83.2 Å². The molecule has 0 spiro atoms. The Balaban J connectivity index is 2.55. The van der Waals surface area contributed by atoms with Crippen molar-refractivity contribution >= 4 is 5.95 Å². The van der Waals surface area contributed by atoms with Crippen molar-refractivity contribution in [2.24, 2.45) is 0 Å². The van der Waals surface area contributed by atoms with E-state index in [0.29, 0.717) is 23.1 Å². The molecule has 0 atom stereocenters. The van der Waals surface area contributed by atoms with Crippen LogP contribution in [0.25, 0.3) is 11.4 Å². The SMILES string of the molecule is COc1cc(OC)cc(-c2nc(N)nc(C(C)C)n2)c1. The van der Waals surface area contributed by atoms with Gasteiger partial charge in [-0.3, -0.25) is 0 Å². The van der Waals surface area contributed by atoms with Crippen LogP contribution in [-0.2, 0) is 0 Å². The Kier molecular flexibility index (Phi) is 4.02. The zero-order valence-corrected chi connectivity index (χ0v) is 12.0. The number of nitrogens with zero attached hydrogens (tertiary/aromatic N) is 3. The number of methoxy groups -OCH3 is 2. The first kappa shape index (κ1) is 14.0. The normalized spacial score (nSPS) is 10.7. The third-order valence-corrected chi connectivity index (χ3v) is 2.80. The quantitative estimate of drug-likeness (QED) is 0.920. The minimum absolute atomic E-state index is 0.173. The monoisotopic (exact) mass is 274 g/mol. The molecule has 0 aliphatic carbocycles. The number of benzene rings is 1. The van der Waals surface area contributed by atoms with Crippen LogP contribution in [0.2, 0.25) is 0 Å². The zero-order valence-electron chi connectivity index (χ0n) is 12.0. The Morgan fingerprint density at radius 1 is 0.950 bits per heavy atom. The Hall–Kier alpha value is -2.37. The zero-order chi connectivity index (χ0) is 14.7. The van der Waals surface area contributed by atoms with Crippen molar-refractivity contribution in [2.75, 3.05) is 20.0 Å². The summed E-state index contributed by atoms with van der Waals surface area (Å²) in [5, 5.41) is 0. The molecule has 106 valence electrons. The minimum Gasteiger partial charge on any atom is -0.497 e. The first-order valence-electron chi connectivity index (χ1n) is 6.28. The molecule has 0 radical (unpaired) electrons. The first-order valence-corrected chi connectivity index (χ1v) is 6.28. The summed E-state index contributed by atoms with van der Waals surface area (Å²) >= 11 is 0. The molecule has 0 aliphatic rings. The third-order valence-electron chi connectivity index (χ3n) is 2.80. The Morgan fingerprint density at radius 2 is 1.55 bits per heavy atom. The van der Waals surface area contributed by atoms with Gasteiger partial charge in [-0.1, -0.05) is 13.8 Å². The summed E-state index contributed by atoms with van der Waals surface area (Å²) in [6, 6.07) is 5.46. The van der Waals surface area contributed by atoms with Crippen LogP contribution in [0.1, 0.15) is 25.6 Å². The van der Waals surface area contributed by atoms with Crippen LogP contribution >= 0.6 is 0 Å². The molecule has 1 aromatic heterocycles. The average molecular weight is 274 g/mol. The second-order valence-corrected chi connectivity index (χ2v) is 4.63. The summed E-state index contributed by atoms with van der Waals surface area (Å²) in [5.74, 6) is 2.90. The summed E-state index contributed by atoms with van der Waals surface area (Å²) in [5.41, 5.74) is 6.53. The van der Waals surface area contributed by atoms with E-state index in [9.17, 15) is 0 Å². The van der Waals surface area contributed by atoms with Crippen LogP contribution in [0.3, 0.4) is 0 Å². The van der Waals surface area contributed by atoms with Crippen molar-refractivity contribution in [1.82, 2.24) is 15.0 Å². The number of rotatable bonds is 4. The highest BCUT2D eigenvalue weighted by molar-refractivity contribution is 5.61. The number of hydrogen-bond acceptors (Lipinski definition) is 6. The van der Waals surface area contributed by atoms with Gasteiger partial charge in [-0.15, -0.1) is 0 Å². The fourth-order valence-electron chi connectivity index (χ4n) is 1.73. The van der Waals surface area contributed by atoms with Crippen LogP contribution < -0.4 is 15.2 Å². The standard InChI is InChI=1S/C14H18N4O2/c1-8(2)12-16-13(18-14(15)17-12)9-5-10(19-3)7-11(6-9)20-4/h5-8H,1-4H3,(H2,15,16,17,18). The molecule has 0 saturated carbocycles. The van der Waals surface area contributed by atoms with E-state index in [4.69, 9.17) is 15.2 Å². The lowest BCUT2D eigenvalue weighted by atomic mass is 10.1. The number of ether oxygens (including phenoxy) is 2. The van der Waals surface area contributed by atoms with Gasteiger partial charge in [0.2, 0.25) is 5.95 Å². The van der Waals surface area contributed by atoms with E-state index in [1.54, 1.807) is 20.3 Å². The minimum atomic E-state index is 0.173. The summed E-state index contributed by atoms with van der Waals surface area (Å²) in [6.45, 7) is 4.01. The van der Waals surface area contributed by atoms with Gasteiger partial charge in [-0.2, -0.15) is 9.97 Å². The van der Waals surface area contributed by atoms with E-state index in [0.717, 1.165) is 5.56 Å². The second kappa shape index (κ2) is 5.73. The lowest BCUT2D eigenvalue weighted by Gasteiger charge is -2.10. The Labute approximate surface area is 118 Å². The molecule has 0 saturated heterocycles. The van der Waals surface area contributed by atoms with Crippen molar-refractivity contribution in [3.05, 3.63) is 24.0 Å².